The summed E-state index contributed by atoms with van der Waals surface area (Å²) in [5.74, 6) is -0.172. The average molecular weight is 334 g/mol. The first kappa shape index (κ1) is 17.1. The molecule has 4 heteroatoms. The zero-order chi connectivity index (χ0) is 18.0. The zero-order valence-electron chi connectivity index (χ0n) is 15.0. The third kappa shape index (κ3) is 3.39. The largest absolute Gasteiger partial charge is 0.277 e. The summed E-state index contributed by atoms with van der Waals surface area (Å²) in [5.41, 5.74) is 6.16. The topological polar surface area (TPSA) is 42.4 Å². The van der Waals surface area contributed by atoms with Gasteiger partial charge >= 0.3 is 0 Å². The predicted molar refractivity (Wildman–Crippen MR) is 99.6 cm³/mol. The minimum atomic E-state index is -0.172. The Morgan fingerprint density at radius 2 is 1.84 bits per heavy atom. The second kappa shape index (κ2) is 7.03. The van der Waals surface area contributed by atoms with Gasteiger partial charge in [0.15, 0.2) is 0 Å². The molecule has 0 aliphatic heterocycles. The van der Waals surface area contributed by atoms with Crippen molar-refractivity contribution in [3.63, 3.8) is 0 Å². The van der Waals surface area contributed by atoms with Crippen molar-refractivity contribution < 1.29 is 9.63 Å². The van der Waals surface area contributed by atoms with E-state index in [1.807, 2.05) is 37.3 Å². The van der Waals surface area contributed by atoms with Crippen molar-refractivity contribution in [2.45, 2.75) is 20.3 Å². The van der Waals surface area contributed by atoms with Crippen molar-refractivity contribution in [2.75, 3.05) is 14.2 Å². The van der Waals surface area contributed by atoms with Crippen LogP contribution in [0.1, 0.15) is 32.7 Å². The van der Waals surface area contributed by atoms with E-state index >= 15 is 0 Å². The molecule has 0 unspecified atom stereocenters. The maximum Gasteiger partial charge on any atom is 0.277 e. The minimum Gasteiger partial charge on any atom is -0.274 e. The monoisotopic (exact) mass is 334 g/mol. The first-order valence-electron chi connectivity index (χ1n) is 8.27. The summed E-state index contributed by atoms with van der Waals surface area (Å²) < 4.78 is 0. The lowest BCUT2D eigenvalue weighted by Gasteiger charge is -2.16. The molecule has 1 heterocycles. The molecule has 0 fully saturated rings. The standard InChI is InChI=1S/C21H22N2O2/c1-14-18(12-16-8-6-5-7-9-16)15(2)22-20-11-10-17(13-19(14)20)21(24)23(3)25-4/h5-11,13H,12H2,1-4H3. The summed E-state index contributed by atoms with van der Waals surface area (Å²) in [6.07, 6.45) is 0.831. The Kier molecular flexibility index (Phi) is 4.81. The molecular formula is C21H22N2O2. The van der Waals surface area contributed by atoms with Gasteiger partial charge in [-0.15, -0.1) is 0 Å². The fourth-order valence-electron chi connectivity index (χ4n) is 3.07. The van der Waals surface area contributed by atoms with Gasteiger partial charge in [0, 0.05) is 23.7 Å². The van der Waals surface area contributed by atoms with Gasteiger partial charge in [0.2, 0.25) is 0 Å². The number of amides is 1. The molecule has 0 radical (unpaired) electrons. The van der Waals surface area contributed by atoms with Gasteiger partial charge in [-0.2, -0.15) is 0 Å². The molecule has 0 saturated carbocycles. The molecule has 0 aliphatic carbocycles. The van der Waals surface area contributed by atoms with Crippen LogP contribution in [0, 0.1) is 13.8 Å². The summed E-state index contributed by atoms with van der Waals surface area (Å²) in [4.78, 5) is 22.1. The van der Waals surface area contributed by atoms with Crippen LogP contribution in [-0.4, -0.2) is 30.1 Å². The van der Waals surface area contributed by atoms with E-state index in [1.165, 1.54) is 28.9 Å². The average Bonchev–Trinajstić information content (AvgIpc) is 2.64. The van der Waals surface area contributed by atoms with Gasteiger partial charge in [-0.1, -0.05) is 30.3 Å². The Bertz CT molecular complexity index is 920. The molecule has 0 atom stereocenters. The van der Waals surface area contributed by atoms with Crippen molar-refractivity contribution >= 4 is 16.8 Å². The lowest BCUT2D eigenvalue weighted by Crippen LogP contribution is -2.25. The molecule has 128 valence electrons. The molecule has 3 aromatic rings. The van der Waals surface area contributed by atoms with E-state index in [4.69, 9.17) is 9.82 Å². The van der Waals surface area contributed by atoms with E-state index in [2.05, 4.69) is 19.1 Å². The summed E-state index contributed by atoms with van der Waals surface area (Å²) in [6, 6.07) is 16.0. The number of hydroxylamine groups is 2. The van der Waals surface area contributed by atoms with Crippen molar-refractivity contribution in [2.24, 2.45) is 0 Å². The summed E-state index contributed by atoms with van der Waals surface area (Å²) in [7, 11) is 3.08. The maximum atomic E-state index is 12.4. The highest BCUT2D eigenvalue weighted by molar-refractivity contribution is 5.98. The Balaban J connectivity index is 2.08. The number of hydrogen-bond acceptors (Lipinski definition) is 3. The van der Waals surface area contributed by atoms with Crippen LogP contribution >= 0.6 is 0 Å². The normalized spacial score (nSPS) is 10.9. The first-order chi connectivity index (χ1) is 12.0. The van der Waals surface area contributed by atoms with Crippen LogP contribution in [0.25, 0.3) is 10.9 Å². The molecule has 0 aliphatic rings. The third-order valence-corrected chi connectivity index (χ3v) is 4.61. The number of benzene rings is 2. The van der Waals surface area contributed by atoms with Crippen LogP contribution in [-0.2, 0) is 11.3 Å². The third-order valence-electron chi connectivity index (χ3n) is 4.61. The van der Waals surface area contributed by atoms with Crippen molar-refractivity contribution in [1.29, 1.82) is 0 Å². The number of carbonyl (C=O) groups is 1. The van der Waals surface area contributed by atoms with Gasteiger partial charge in [0.1, 0.15) is 0 Å². The van der Waals surface area contributed by atoms with E-state index in [1.54, 1.807) is 13.1 Å². The molecule has 1 aromatic heterocycles. The molecule has 25 heavy (non-hydrogen) atoms. The van der Waals surface area contributed by atoms with Gasteiger partial charge in [-0.25, -0.2) is 5.06 Å². The molecular weight excluding hydrogens is 312 g/mol. The molecule has 0 N–H and O–H groups in total. The van der Waals surface area contributed by atoms with Crippen molar-refractivity contribution in [3.8, 4) is 0 Å². The second-order valence-corrected chi connectivity index (χ2v) is 6.18. The Labute approximate surface area is 148 Å². The molecule has 1 amide bonds. The van der Waals surface area contributed by atoms with Gasteiger partial charge in [-0.3, -0.25) is 14.6 Å². The number of hydrogen-bond donors (Lipinski definition) is 0. The Morgan fingerprint density at radius 3 is 2.52 bits per heavy atom. The van der Waals surface area contributed by atoms with E-state index < -0.39 is 0 Å². The van der Waals surface area contributed by atoms with Gasteiger partial charge in [-0.05, 0) is 55.2 Å². The molecule has 2 aromatic carbocycles. The highest BCUT2D eigenvalue weighted by Gasteiger charge is 2.15. The number of aromatic nitrogens is 1. The summed E-state index contributed by atoms with van der Waals surface area (Å²) in [5, 5.41) is 2.23. The lowest BCUT2D eigenvalue weighted by molar-refractivity contribution is -0.0756. The molecule has 0 spiro atoms. The lowest BCUT2D eigenvalue weighted by atomic mass is 9.95. The van der Waals surface area contributed by atoms with Gasteiger partial charge < -0.3 is 0 Å². The maximum absolute atomic E-state index is 12.4. The van der Waals surface area contributed by atoms with Crippen LogP contribution in [0.2, 0.25) is 0 Å². The van der Waals surface area contributed by atoms with E-state index in [0.717, 1.165) is 23.0 Å². The molecule has 3 rings (SSSR count). The second-order valence-electron chi connectivity index (χ2n) is 6.18. The minimum absolute atomic E-state index is 0.172. The van der Waals surface area contributed by atoms with Crippen LogP contribution in [0.4, 0.5) is 0 Å². The quantitative estimate of drug-likeness (QED) is 0.675. The highest BCUT2D eigenvalue weighted by Crippen LogP contribution is 2.26. The van der Waals surface area contributed by atoms with E-state index in [-0.39, 0.29) is 5.91 Å². The van der Waals surface area contributed by atoms with E-state index in [0.29, 0.717) is 5.56 Å². The first-order valence-corrected chi connectivity index (χ1v) is 8.27. The van der Waals surface area contributed by atoms with Crippen LogP contribution < -0.4 is 0 Å². The number of fused-ring (bicyclic) bond motifs is 1. The van der Waals surface area contributed by atoms with Crippen LogP contribution in [0.3, 0.4) is 0 Å². The molecule has 0 bridgehead atoms. The SMILES string of the molecule is CON(C)C(=O)c1ccc2nc(C)c(Cc3ccccc3)c(C)c2c1. The summed E-state index contributed by atoms with van der Waals surface area (Å²) in [6.45, 7) is 4.14. The Morgan fingerprint density at radius 1 is 1.12 bits per heavy atom. The fraction of sp³-hybridized carbons (Fsp3) is 0.238. The van der Waals surface area contributed by atoms with Gasteiger partial charge in [0.05, 0.1) is 12.6 Å². The highest BCUT2D eigenvalue weighted by atomic mass is 16.7. The van der Waals surface area contributed by atoms with Crippen LogP contribution in [0.5, 0.6) is 0 Å². The predicted octanol–water partition coefficient (Wildman–Crippen LogP) is 4.08. The smallest absolute Gasteiger partial charge is 0.274 e. The number of pyridine rings is 1. The van der Waals surface area contributed by atoms with E-state index in [9.17, 15) is 4.79 Å². The van der Waals surface area contributed by atoms with Crippen molar-refractivity contribution in [3.05, 3.63) is 76.5 Å². The van der Waals surface area contributed by atoms with Gasteiger partial charge in [0.25, 0.3) is 5.91 Å². The van der Waals surface area contributed by atoms with Crippen molar-refractivity contribution in [1.82, 2.24) is 10.0 Å². The summed E-state index contributed by atoms with van der Waals surface area (Å²) >= 11 is 0. The molecule has 0 saturated heterocycles. The number of aryl methyl sites for hydroxylation is 2. The fourth-order valence-corrected chi connectivity index (χ4v) is 3.07. The number of nitrogens with zero attached hydrogens (tertiary/aromatic N) is 2. The number of carbonyl (C=O) groups excluding carboxylic acids is 1. The number of rotatable bonds is 4. The molecule has 4 nitrogen and oxygen atoms in total. The van der Waals surface area contributed by atoms with Crippen LogP contribution in [0.15, 0.2) is 48.5 Å². The Hall–Kier alpha value is -2.72. The zero-order valence-corrected chi connectivity index (χ0v) is 15.0.